The molecule has 0 saturated heterocycles. The van der Waals surface area contributed by atoms with Crippen molar-refractivity contribution in [2.45, 2.75) is 26.7 Å². The van der Waals surface area contributed by atoms with Crippen LogP contribution in [0.5, 0.6) is 11.5 Å². The topological polar surface area (TPSA) is 93.7 Å². The van der Waals surface area contributed by atoms with Crippen LogP contribution in [0.4, 0.5) is 0 Å². The van der Waals surface area contributed by atoms with E-state index in [4.69, 9.17) is 9.47 Å². The molecule has 2 amide bonds. The highest BCUT2D eigenvalue weighted by atomic mass is 16.5. The van der Waals surface area contributed by atoms with Crippen molar-refractivity contribution >= 4 is 17.6 Å². The van der Waals surface area contributed by atoms with Crippen molar-refractivity contribution in [1.29, 1.82) is 0 Å². The number of para-hydroxylation sites is 1. The van der Waals surface area contributed by atoms with Crippen molar-refractivity contribution in [1.82, 2.24) is 10.9 Å². The van der Waals surface area contributed by atoms with Gasteiger partial charge in [-0.25, -0.2) is 0 Å². The highest BCUT2D eigenvalue weighted by Crippen LogP contribution is 2.16. The number of hydrazine groups is 1. The Bertz CT molecular complexity index is 818. The van der Waals surface area contributed by atoms with Crippen LogP contribution in [0.2, 0.25) is 0 Å². The first-order chi connectivity index (χ1) is 13.5. The number of carbonyl (C=O) groups excluding carboxylic acids is 3. The van der Waals surface area contributed by atoms with Gasteiger partial charge in [0.05, 0.1) is 6.61 Å². The van der Waals surface area contributed by atoms with E-state index >= 15 is 0 Å². The normalized spacial score (nSPS) is 10.1. The summed E-state index contributed by atoms with van der Waals surface area (Å²) < 4.78 is 10.7. The standard InChI is InChI=1S/C21H24N2O5/c1-3-27-17-10-8-16(9-11-17)18(24)12-13-20(25)22-23-21(26)14-28-19-7-5-4-6-15(19)2/h4-11H,3,12-14H2,1-2H3,(H,22,25)(H,23,26). The molecule has 0 aliphatic rings. The van der Waals surface area contributed by atoms with Gasteiger partial charge in [-0.2, -0.15) is 0 Å². The zero-order chi connectivity index (χ0) is 20.4. The number of ketones is 1. The Morgan fingerprint density at radius 1 is 0.857 bits per heavy atom. The van der Waals surface area contributed by atoms with Crippen molar-refractivity contribution < 1.29 is 23.9 Å². The molecular weight excluding hydrogens is 360 g/mol. The second-order valence-electron chi connectivity index (χ2n) is 6.03. The lowest BCUT2D eigenvalue weighted by Crippen LogP contribution is -2.43. The molecule has 148 valence electrons. The van der Waals surface area contributed by atoms with E-state index in [2.05, 4.69) is 10.9 Å². The molecule has 2 aromatic rings. The van der Waals surface area contributed by atoms with Gasteiger partial charge in [-0.05, 0) is 49.7 Å². The first-order valence-corrected chi connectivity index (χ1v) is 9.01. The minimum absolute atomic E-state index is 0.0367. The number of rotatable bonds is 9. The average Bonchev–Trinajstić information content (AvgIpc) is 2.70. The number of Topliss-reactive ketones (excluding diaryl/α,β-unsaturated/α-hetero) is 1. The molecule has 0 atom stereocenters. The maximum Gasteiger partial charge on any atom is 0.276 e. The van der Waals surface area contributed by atoms with Crippen LogP contribution in [0.1, 0.15) is 35.7 Å². The molecule has 0 spiro atoms. The van der Waals surface area contributed by atoms with Gasteiger partial charge < -0.3 is 9.47 Å². The quantitative estimate of drug-likeness (QED) is 0.512. The third-order valence-corrected chi connectivity index (χ3v) is 3.86. The molecule has 2 rings (SSSR count). The second kappa shape index (κ2) is 10.7. The summed E-state index contributed by atoms with van der Waals surface area (Å²) in [4.78, 5) is 35.7. The molecule has 0 aliphatic carbocycles. The molecular formula is C21H24N2O5. The predicted octanol–water partition coefficient (Wildman–Crippen LogP) is 2.58. The van der Waals surface area contributed by atoms with E-state index in [9.17, 15) is 14.4 Å². The van der Waals surface area contributed by atoms with Crippen LogP contribution < -0.4 is 20.3 Å². The molecule has 0 radical (unpaired) electrons. The van der Waals surface area contributed by atoms with Gasteiger partial charge in [0, 0.05) is 18.4 Å². The summed E-state index contributed by atoms with van der Waals surface area (Å²) in [5.74, 6) is 0.183. The summed E-state index contributed by atoms with van der Waals surface area (Å²) in [7, 11) is 0. The molecule has 28 heavy (non-hydrogen) atoms. The number of amides is 2. The molecule has 0 aromatic heterocycles. The van der Waals surface area contributed by atoms with Gasteiger partial charge in [0.25, 0.3) is 5.91 Å². The summed E-state index contributed by atoms with van der Waals surface area (Å²) in [5.41, 5.74) is 5.96. The van der Waals surface area contributed by atoms with E-state index < -0.39 is 11.8 Å². The summed E-state index contributed by atoms with van der Waals surface area (Å²) in [6.07, 6.45) is 0.000368. The third kappa shape index (κ3) is 6.75. The third-order valence-electron chi connectivity index (χ3n) is 3.86. The minimum Gasteiger partial charge on any atom is -0.494 e. The molecule has 0 aliphatic heterocycles. The first kappa shape index (κ1) is 21.0. The number of benzene rings is 2. The fourth-order valence-corrected chi connectivity index (χ4v) is 2.37. The van der Waals surface area contributed by atoms with E-state index in [0.717, 1.165) is 5.56 Å². The fourth-order valence-electron chi connectivity index (χ4n) is 2.37. The van der Waals surface area contributed by atoms with Gasteiger partial charge in [0.1, 0.15) is 11.5 Å². The average molecular weight is 384 g/mol. The van der Waals surface area contributed by atoms with Crippen LogP contribution in [0.25, 0.3) is 0 Å². The van der Waals surface area contributed by atoms with Crippen LogP contribution in [0, 0.1) is 6.92 Å². The van der Waals surface area contributed by atoms with E-state index in [1.54, 1.807) is 30.3 Å². The highest BCUT2D eigenvalue weighted by Gasteiger charge is 2.11. The highest BCUT2D eigenvalue weighted by molar-refractivity contribution is 5.98. The number of nitrogens with one attached hydrogen (secondary N) is 2. The molecule has 0 heterocycles. The number of ether oxygens (including phenoxy) is 2. The smallest absolute Gasteiger partial charge is 0.276 e. The predicted molar refractivity (Wildman–Crippen MR) is 104 cm³/mol. The van der Waals surface area contributed by atoms with Crippen molar-refractivity contribution in [2.24, 2.45) is 0 Å². The second-order valence-corrected chi connectivity index (χ2v) is 6.03. The number of aryl methyl sites for hydroxylation is 1. The molecule has 2 N–H and O–H groups in total. The van der Waals surface area contributed by atoms with Crippen molar-refractivity contribution in [3.05, 3.63) is 59.7 Å². The number of hydrogen-bond donors (Lipinski definition) is 2. The van der Waals surface area contributed by atoms with Crippen LogP contribution in [-0.4, -0.2) is 30.8 Å². The zero-order valence-electron chi connectivity index (χ0n) is 16.0. The van der Waals surface area contributed by atoms with Crippen molar-refractivity contribution in [3.8, 4) is 11.5 Å². The minimum atomic E-state index is -0.491. The van der Waals surface area contributed by atoms with Gasteiger partial charge in [-0.1, -0.05) is 18.2 Å². The lowest BCUT2D eigenvalue weighted by Gasteiger charge is -2.10. The Kier molecular flexibility index (Phi) is 8.02. The SMILES string of the molecule is CCOc1ccc(C(=O)CCC(=O)NNC(=O)COc2ccccc2C)cc1. The fraction of sp³-hybridized carbons (Fsp3) is 0.286. The lowest BCUT2D eigenvalue weighted by molar-refractivity contribution is -0.130. The Hall–Kier alpha value is -3.35. The Morgan fingerprint density at radius 2 is 1.54 bits per heavy atom. The molecule has 7 nitrogen and oxygen atoms in total. The van der Waals surface area contributed by atoms with Gasteiger partial charge in [0.15, 0.2) is 12.4 Å². The monoisotopic (exact) mass is 384 g/mol. The van der Waals surface area contributed by atoms with Crippen LogP contribution >= 0.6 is 0 Å². The number of carbonyl (C=O) groups is 3. The summed E-state index contributed by atoms with van der Waals surface area (Å²) in [6.45, 7) is 4.08. The molecule has 0 fully saturated rings. The zero-order valence-corrected chi connectivity index (χ0v) is 16.0. The molecule has 2 aromatic carbocycles. The summed E-state index contributed by atoms with van der Waals surface area (Å²) in [5, 5.41) is 0. The van der Waals surface area contributed by atoms with E-state index in [1.807, 2.05) is 32.0 Å². The maximum atomic E-state index is 12.1. The molecule has 7 heteroatoms. The largest absolute Gasteiger partial charge is 0.494 e. The van der Waals surface area contributed by atoms with Crippen molar-refractivity contribution in [3.63, 3.8) is 0 Å². The molecule has 0 saturated carbocycles. The van der Waals surface area contributed by atoms with Crippen LogP contribution in [0.15, 0.2) is 48.5 Å². The van der Waals surface area contributed by atoms with E-state index in [0.29, 0.717) is 23.7 Å². The summed E-state index contributed by atoms with van der Waals surface area (Å²) in [6, 6.07) is 14.1. The van der Waals surface area contributed by atoms with E-state index in [1.165, 1.54) is 0 Å². The summed E-state index contributed by atoms with van der Waals surface area (Å²) >= 11 is 0. The maximum absolute atomic E-state index is 12.1. The Morgan fingerprint density at radius 3 is 2.21 bits per heavy atom. The van der Waals surface area contributed by atoms with Crippen molar-refractivity contribution in [2.75, 3.05) is 13.2 Å². The van der Waals surface area contributed by atoms with E-state index in [-0.39, 0.29) is 25.2 Å². The van der Waals surface area contributed by atoms with Crippen LogP contribution in [-0.2, 0) is 9.59 Å². The molecule has 0 unspecified atom stereocenters. The van der Waals surface area contributed by atoms with Gasteiger partial charge in [0.2, 0.25) is 5.91 Å². The number of hydrogen-bond acceptors (Lipinski definition) is 5. The molecule has 0 bridgehead atoms. The Labute approximate surface area is 164 Å². The van der Waals surface area contributed by atoms with Gasteiger partial charge in [-0.15, -0.1) is 0 Å². The van der Waals surface area contributed by atoms with Crippen LogP contribution in [0.3, 0.4) is 0 Å². The van der Waals surface area contributed by atoms with Gasteiger partial charge in [-0.3, -0.25) is 25.2 Å². The van der Waals surface area contributed by atoms with Gasteiger partial charge >= 0.3 is 0 Å². The Balaban J connectivity index is 1.68. The lowest BCUT2D eigenvalue weighted by atomic mass is 10.1. The first-order valence-electron chi connectivity index (χ1n) is 9.01.